The smallest absolute Gasteiger partial charge is 0.269 e. The van der Waals surface area contributed by atoms with Crippen molar-refractivity contribution in [3.63, 3.8) is 0 Å². The molecule has 1 heterocycles. The summed E-state index contributed by atoms with van der Waals surface area (Å²) in [5.74, 6) is 1.35. The molecule has 13 heavy (non-hydrogen) atoms. The first-order valence-corrected chi connectivity index (χ1v) is 4.05. The van der Waals surface area contributed by atoms with Gasteiger partial charge in [-0.05, 0) is 14.0 Å². The van der Waals surface area contributed by atoms with Gasteiger partial charge in [0.15, 0.2) is 6.23 Å². The van der Waals surface area contributed by atoms with Crippen molar-refractivity contribution < 1.29 is 14.3 Å². The van der Waals surface area contributed by atoms with Crippen LogP contribution in [0.4, 0.5) is 0 Å². The molecule has 1 aliphatic heterocycles. The highest BCUT2D eigenvalue weighted by molar-refractivity contribution is 5.85. The minimum atomic E-state index is -0.595. The molecule has 0 aromatic carbocycles. The molecule has 0 bridgehead atoms. The number of nitrogens with zero attached hydrogens (tertiary/aromatic N) is 1. The van der Waals surface area contributed by atoms with E-state index in [1.807, 2.05) is 6.92 Å². The molecule has 72 valence electrons. The van der Waals surface area contributed by atoms with E-state index in [2.05, 4.69) is 5.32 Å². The highest BCUT2D eigenvalue weighted by Crippen LogP contribution is 2.07. The summed E-state index contributed by atoms with van der Waals surface area (Å²) in [4.78, 5) is 23.2. The summed E-state index contributed by atoms with van der Waals surface area (Å²) < 4.78 is 5.17. The number of carbonyl (C=O) groups excluding carboxylic acids is 2. The summed E-state index contributed by atoms with van der Waals surface area (Å²) in [5, 5.41) is 2.42. The molecule has 0 radical (unpaired) electrons. The zero-order valence-corrected chi connectivity index (χ0v) is 7.66. The molecule has 1 aliphatic rings. The van der Waals surface area contributed by atoms with E-state index in [1.165, 1.54) is 0 Å². The highest BCUT2D eigenvalue weighted by Gasteiger charge is 2.30. The molecule has 1 amide bonds. The maximum absolute atomic E-state index is 11.3. The predicted molar refractivity (Wildman–Crippen MR) is 45.4 cm³/mol. The molecule has 0 aliphatic carbocycles. The second kappa shape index (κ2) is 4.18. The summed E-state index contributed by atoms with van der Waals surface area (Å²) in [5.41, 5.74) is 0.253. The van der Waals surface area contributed by atoms with Crippen molar-refractivity contribution in [2.75, 3.05) is 20.2 Å². The number of rotatable bonds is 2. The van der Waals surface area contributed by atoms with E-state index in [0.717, 1.165) is 0 Å². The van der Waals surface area contributed by atoms with Gasteiger partial charge in [-0.2, -0.15) is 0 Å². The van der Waals surface area contributed by atoms with Crippen LogP contribution in [0.5, 0.6) is 0 Å². The van der Waals surface area contributed by atoms with Gasteiger partial charge in [0.05, 0.1) is 6.54 Å². The van der Waals surface area contributed by atoms with E-state index in [0.29, 0.717) is 13.2 Å². The minimum absolute atomic E-state index is 0.253. The fraction of sp³-hybridized carbons (Fsp3) is 0.625. The van der Waals surface area contributed by atoms with Crippen LogP contribution in [0.2, 0.25) is 0 Å². The monoisotopic (exact) mass is 184 g/mol. The van der Waals surface area contributed by atoms with Gasteiger partial charge in [-0.1, -0.05) is 0 Å². The van der Waals surface area contributed by atoms with Gasteiger partial charge in [-0.3, -0.25) is 9.69 Å². The van der Waals surface area contributed by atoms with Gasteiger partial charge in [0, 0.05) is 6.61 Å². The molecule has 0 aromatic rings. The molecule has 5 heteroatoms. The fourth-order valence-corrected chi connectivity index (χ4v) is 1.20. The lowest BCUT2D eigenvalue weighted by Gasteiger charge is -2.31. The number of likely N-dealkylation sites (N-methyl/N-ethyl adjacent to an activating group) is 1. The van der Waals surface area contributed by atoms with Gasteiger partial charge >= 0.3 is 0 Å². The highest BCUT2D eigenvalue weighted by atomic mass is 16.5. The van der Waals surface area contributed by atoms with E-state index < -0.39 is 6.23 Å². The quantitative estimate of drug-likeness (QED) is 0.566. The molecule has 1 atom stereocenters. The first-order chi connectivity index (χ1) is 6.19. The topological polar surface area (TPSA) is 58.6 Å². The Kier molecular flexibility index (Phi) is 3.19. The molecule has 1 rings (SSSR count). The maximum atomic E-state index is 11.3. The van der Waals surface area contributed by atoms with Crippen molar-refractivity contribution in [3.05, 3.63) is 5.70 Å². The van der Waals surface area contributed by atoms with E-state index in [4.69, 9.17) is 4.74 Å². The Morgan fingerprint density at radius 2 is 2.46 bits per heavy atom. The lowest BCUT2D eigenvalue weighted by molar-refractivity contribution is -0.146. The van der Waals surface area contributed by atoms with Gasteiger partial charge < -0.3 is 10.1 Å². The normalized spacial score (nSPS) is 24.0. The van der Waals surface area contributed by atoms with Crippen molar-refractivity contribution in [1.29, 1.82) is 0 Å². The molecule has 1 N–H and O–H groups in total. The Labute approximate surface area is 76.3 Å². The zero-order valence-electron chi connectivity index (χ0n) is 7.66. The first-order valence-electron chi connectivity index (χ1n) is 4.05. The summed E-state index contributed by atoms with van der Waals surface area (Å²) in [7, 11) is 1.72. The lowest BCUT2D eigenvalue weighted by atomic mass is 10.3. The number of piperazine rings is 1. The van der Waals surface area contributed by atoms with Gasteiger partial charge in [0.25, 0.3) is 5.91 Å². The minimum Gasteiger partial charge on any atom is -0.354 e. The van der Waals surface area contributed by atoms with Crippen LogP contribution in [0, 0.1) is 0 Å². The second-order valence-electron chi connectivity index (χ2n) is 2.79. The largest absolute Gasteiger partial charge is 0.354 e. The van der Waals surface area contributed by atoms with Crippen molar-refractivity contribution in [3.8, 4) is 0 Å². The van der Waals surface area contributed by atoms with Crippen LogP contribution < -0.4 is 5.32 Å². The van der Waals surface area contributed by atoms with Crippen molar-refractivity contribution >= 4 is 11.8 Å². The standard InChI is InChI=1S/C8H12N2O3/c1-3-13-8-7(12)9-6(5-11)4-10(8)2/h8H,3-4H2,1-2H3,(H,9,12). The van der Waals surface area contributed by atoms with Crippen LogP contribution in [0.25, 0.3) is 0 Å². The van der Waals surface area contributed by atoms with Crippen LogP contribution in [0.1, 0.15) is 6.92 Å². The second-order valence-corrected chi connectivity index (χ2v) is 2.79. The molecule has 0 spiro atoms. The molecule has 1 saturated heterocycles. The number of hydrogen-bond acceptors (Lipinski definition) is 4. The Bertz CT molecular complexity index is 258. The summed E-state index contributed by atoms with van der Waals surface area (Å²) in [6.45, 7) is 2.63. The number of amides is 1. The molecule has 1 fully saturated rings. The van der Waals surface area contributed by atoms with Gasteiger partial charge in [0.1, 0.15) is 11.6 Å². The van der Waals surface area contributed by atoms with Crippen LogP contribution in [-0.4, -0.2) is 43.2 Å². The first kappa shape index (κ1) is 9.92. The van der Waals surface area contributed by atoms with E-state index in [-0.39, 0.29) is 11.6 Å². The molecule has 0 aromatic heterocycles. The van der Waals surface area contributed by atoms with Crippen LogP contribution in [-0.2, 0) is 14.3 Å². The Morgan fingerprint density at radius 3 is 2.92 bits per heavy atom. The zero-order chi connectivity index (χ0) is 9.84. The number of hydrogen-bond donors (Lipinski definition) is 1. The van der Waals surface area contributed by atoms with Gasteiger partial charge in [-0.15, -0.1) is 0 Å². The lowest BCUT2D eigenvalue weighted by Crippen LogP contribution is -2.53. The van der Waals surface area contributed by atoms with E-state index >= 15 is 0 Å². The molecule has 0 saturated carbocycles. The maximum Gasteiger partial charge on any atom is 0.269 e. The average molecular weight is 184 g/mol. The predicted octanol–water partition coefficient (Wildman–Crippen LogP) is -0.874. The Hall–Kier alpha value is -1.16. The third-order valence-corrected chi connectivity index (χ3v) is 1.75. The number of nitrogens with one attached hydrogen (secondary N) is 1. The Balaban J connectivity index is 2.70. The van der Waals surface area contributed by atoms with Gasteiger partial charge in [-0.25, -0.2) is 4.79 Å². The molecule has 5 nitrogen and oxygen atoms in total. The molecule has 1 unspecified atom stereocenters. The van der Waals surface area contributed by atoms with Crippen LogP contribution in [0.15, 0.2) is 5.70 Å². The van der Waals surface area contributed by atoms with E-state index in [1.54, 1.807) is 17.9 Å². The van der Waals surface area contributed by atoms with Crippen LogP contribution in [0.3, 0.4) is 0 Å². The van der Waals surface area contributed by atoms with Crippen molar-refractivity contribution in [2.45, 2.75) is 13.2 Å². The number of carbonyl (C=O) groups is 1. The Morgan fingerprint density at radius 1 is 1.77 bits per heavy atom. The summed E-state index contributed by atoms with van der Waals surface area (Å²) in [6.07, 6.45) is -0.595. The molecular formula is C8H12N2O3. The van der Waals surface area contributed by atoms with Crippen molar-refractivity contribution in [1.82, 2.24) is 10.2 Å². The van der Waals surface area contributed by atoms with Crippen LogP contribution >= 0.6 is 0 Å². The fourth-order valence-electron chi connectivity index (χ4n) is 1.20. The summed E-state index contributed by atoms with van der Waals surface area (Å²) >= 11 is 0. The SMILES string of the molecule is CCOC1C(=O)NC(=C=O)CN1C. The van der Waals surface area contributed by atoms with Gasteiger partial charge in [0.2, 0.25) is 0 Å². The van der Waals surface area contributed by atoms with E-state index in [9.17, 15) is 9.59 Å². The average Bonchev–Trinajstić information content (AvgIpc) is 2.11. The summed E-state index contributed by atoms with van der Waals surface area (Å²) in [6, 6.07) is 0. The molecular weight excluding hydrogens is 172 g/mol. The third-order valence-electron chi connectivity index (χ3n) is 1.75. The number of ether oxygens (including phenoxy) is 1. The van der Waals surface area contributed by atoms with Crippen molar-refractivity contribution in [2.24, 2.45) is 0 Å². The third kappa shape index (κ3) is 2.15.